The zero-order chi connectivity index (χ0) is 28.6. The summed E-state index contributed by atoms with van der Waals surface area (Å²) in [5.41, 5.74) is 0.625. The molecule has 0 unspecified atom stereocenters. The largest absolute Gasteiger partial charge is 0.444 e. The van der Waals surface area contributed by atoms with Gasteiger partial charge in [-0.05, 0) is 63.9 Å². The Morgan fingerprint density at radius 3 is 2.45 bits per heavy atom. The summed E-state index contributed by atoms with van der Waals surface area (Å²) in [6.07, 6.45) is 2.52. The minimum atomic E-state index is -0.573. The van der Waals surface area contributed by atoms with Crippen LogP contribution in [0.5, 0.6) is 0 Å². The number of amides is 2. The smallest absolute Gasteiger partial charge is 0.410 e. The SMILES string of the molecule is CC(C)(C)OC(=O)N1CCC(n2ncc3c(NC(=O)c4ccc([N+](=O)[O-])s4)nc(-c4ccc(Cl)cc4)nc32)CC1. The first-order valence-electron chi connectivity index (χ1n) is 12.5. The van der Waals surface area contributed by atoms with Gasteiger partial charge in [-0.3, -0.25) is 14.9 Å². The Kier molecular flexibility index (Phi) is 7.43. The maximum atomic E-state index is 13.0. The Morgan fingerprint density at radius 1 is 1.12 bits per heavy atom. The molecule has 0 radical (unpaired) electrons. The number of piperidine rings is 1. The molecule has 0 spiro atoms. The third-order valence-electron chi connectivity index (χ3n) is 6.25. The van der Waals surface area contributed by atoms with Crippen molar-refractivity contribution in [1.29, 1.82) is 0 Å². The van der Waals surface area contributed by atoms with Crippen LogP contribution in [0.1, 0.15) is 49.3 Å². The second kappa shape index (κ2) is 10.8. The number of likely N-dealkylation sites (tertiary alicyclic amines) is 1. The number of nitro groups is 1. The number of halogens is 1. The highest BCUT2D eigenvalue weighted by Gasteiger charge is 2.29. The maximum absolute atomic E-state index is 13.0. The van der Waals surface area contributed by atoms with E-state index in [1.165, 1.54) is 12.1 Å². The van der Waals surface area contributed by atoms with Gasteiger partial charge in [-0.25, -0.2) is 19.4 Å². The number of hydrogen-bond acceptors (Lipinski definition) is 9. The van der Waals surface area contributed by atoms with Gasteiger partial charge in [-0.1, -0.05) is 22.9 Å². The van der Waals surface area contributed by atoms with E-state index >= 15 is 0 Å². The molecule has 1 N–H and O–H groups in total. The van der Waals surface area contributed by atoms with Gasteiger partial charge in [0.1, 0.15) is 11.4 Å². The van der Waals surface area contributed by atoms with Crippen LogP contribution in [-0.4, -0.2) is 60.3 Å². The molecule has 1 aliphatic rings. The minimum Gasteiger partial charge on any atom is -0.444 e. The van der Waals surface area contributed by atoms with Crippen molar-refractivity contribution in [1.82, 2.24) is 24.6 Å². The third kappa shape index (κ3) is 5.89. The topological polar surface area (TPSA) is 145 Å². The van der Waals surface area contributed by atoms with Crippen molar-refractivity contribution >= 4 is 56.8 Å². The van der Waals surface area contributed by atoms with Crippen molar-refractivity contribution in [2.75, 3.05) is 18.4 Å². The van der Waals surface area contributed by atoms with E-state index in [1.807, 2.05) is 20.8 Å². The summed E-state index contributed by atoms with van der Waals surface area (Å²) in [5.74, 6) is 0.0524. The van der Waals surface area contributed by atoms with Gasteiger partial charge in [0.25, 0.3) is 5.91 Å². The third-order valence-corrected chi connectivity index (χ3v) is 7.53. The van der Waals surface area contributed by atoms with E-state index in [0.29, 0.717) is 53.4 Å². The number of hydrogen-bond donors (Lipinski definition) is 1. The molecule has 14 heteroatoms. The van der Waals surface area contributed by atoms with Crippen molar-refractivity contribution in [3.63, 3.8) is 0 Å². The van der Waals surface area contributed by atoms with Crippen molar-refractivity contribution in [2.45, 2.75) is 45.3 Å². The van der Waals surface area contributed by atoms with E-state index in [0.717, 1.165) is 11.3 Å². The summed E-state index contributed by atoms with van der Waals surface area (Å²) in [4.78, 5) is 47.3. The quantitative estimate of drug-likeness (QED) is 0.224. The number of benzene rings is 1. The second-order valence-electron chi connectivity index (χ2n) is 10.3. The monoisotopic (exact) mass is 583 g/mol. The summed E-state index contributed by atoms with van der Waals surface area (Å²) in [6.45, 7) is 6.50. The molecule has 12 nitrogen and oxygen atoms in total. The van der Waals surface area contributed by atoms with Crippen molar-refractivity contribution in [3.8, 4) is 11.4 Å². The maximum Gasteiger partial charge on any atom is 0.410 e. The number of anilines is 1. The zero-order valence-corrected chi connectivity index (χ0v) is 23.5. The highest BCUT2D eigenvalue weighted by atomic mass is 35.5. The van der Waals surface area contributed by atoms with Gasteiger partial charge in [0.15, 0.2) is 11.5 Å². The molecule has 5 rings (SSSR count). The average molecular weight is 584 g/mol. The molecule has 4 aromatic rings. The molecule has 1 aromatic carbocycles. The number of fused-ring (bicyclic) bond motifs is 1. The fourth-order valence-electron chi connectivity index (χ4n) is 4.35. The van der Waals surface area contributed by atoms with Crippen molar-refractivity contribution < 1.29 is 19.2 Å². The Labute approximate surface area is 238 Å². The predicted octanol–water partition coefficient (Wildman–Crippen LogP) is 5.94. The summed E-state index contributed by atoms with van der Waals surface area (Å²) >= 11 is 6.85. The molecule has 3 aromatic heterocycles. The van der Waals surface area contributed by atoms with Gasteiger partial charge in [0.2, 0.25) is 0 Å². The van der Waals surface area contributed by atoms with Crippen LogP contribution in [0.3, 0.4) is 0 Å². The molecule has 1 fully saturated rings. The Bertz CT molecular complexity index is 1590. The first kappa shape index (κ1) is 27.5. The Morgan fingerprint density at radius 2 is 1.82 bits per heavy atom. The van der Waals surface area contributed by atoms with Gasteiger partial charge in [0.05, 0.1) is 27.4 Å². The number of rotatable bonds is 5. The first-order chi connectivity index (χ1) is 19.0. The molecule has 0 saturated carbocycles. The molecule has 0 aliphatic carbocycles. The lowest BCUT2D eigenvalue weighted by Gasteiger charge is -2.33. The van der Waals surface area contributed by atoms with E-state index < -0.39 is 16.4 Å². The summed E-state index contributed by atoms with van der Waals surface area (Å²) in [5, 5.41) is 19.4. The van der Waals surface area contributed by atoms with E-state index in [1.54, 1.807) is 40.0 Å². The van der Waals surface area contributed by atoms with E-state index in [-0.39, 0.29) is 27.8 Å². The molecule has 40 heavy (non-hydrogen) atoms. The van der Waals surface area contributed by atoms with Crippen molar-refractivity contribution in [3.05, 3.63) is 62.6 Å². The van der Waals surface area contributed by atoms with Crippen LogP contribution in [-0.2, 0) is 4.74 Å². The number of thiophene rings is 1. The van der Waals surface area contributed by atoms with Crippen LogP contribution >= 0.6 is 22.9 Å². The lowest BCUT2D eigenvalue weighted by molar-refractivity contribution is -0.380. The molecule has 208 valence electrons. The van der Waals surface area contributed by atoms with Gasteiger partial charge in [-0.15, -0.1) is 0 Å². The second-order valence-corrected chi connectivity index (χ2v) is 11.8. The summed E-state index contributed by atoms with van der Waals surface area (Å²) in [6, 6.07) is 9.63. The molecule has 4 heterocycles. The van der Waals surface area contributed by atoms with Crippen LogP contribution in [0, 0.1) is 10.1 Å². The minimum absolute atomic E-state index is 0.0485. The fourth-order valence-corrected chi connectivity index (χ4v) is 5.19. The summed E-state index contributed by atoms with van der Waals surface area (Å²) < 4.78 is 7.31. The molecule has 2 amide bonds. The normalized spacial score (nSPS) is 14.3. The molecule has 0 bridgehead atoms. The zero-order valence-electron chi connectivity index (χ0n) is 22.0. The van der Waals surface area contributed by atoms with Crippen LogP contribution in [0.4, 0.5) is 15.6 Å². The number of ether oxygens (including phenoxy) is 1. The van der Waals surface area contributed by atoms with E-state index in [4.69, 9.17) is 21.3 Å². The lowest BCUT2D eigenvalue weighted by atomic mass is 10.1. The lowest BCUT2D eigenvalue weighted by Crippen LogP contribution is -2.42. The van der Waals surface area contributed by atoms with E-state index in [2.05, 4.69) is 15.4 Å². The highest BCUT2D eigenvalue weighted by molar-refractivity contribution is 7.17. The Hall–Kier alpha value is -4.10. The Balaban J connectivity index is 1.46. The number of carbonyl (C=O) groups excluding carboxylic acids is 2. The summed E-state index contributed by atoms with van der Waals surface area (Å²) in [7, 11) is 0. The van der Waals surface area contributed by atoms with Gasteiger partial charge >= 0.3 is 11.1 Å². The molecular weight excluding hydrogens is 558 g/mol. The number of nitrogens with one attached hydrogen (secondary N) is 1. The molecule has 0 atom stereocenters. The van der Waals surface area contributed by atoms with Gasteiger partial charge in [-0.2, -0.15) is 5.10 Å². The highest BCUT2D eigenvalue weighted by Crippen LogP contribution is 2.32. The molecular formula is C26H26ClN7O5S. The average Bonchev–Trinajstić information content (AvgIpc) is 3.57. The number of nitrogens with zero attached hydrogens (tertiary/aromatic N) is 6. The van der Waals surface area contributed by atoms with Crippen LogP contribution in [0.2, 0.25) is 5.02 Å². The standard InChI is InChI=1S/C26H26ClN7O5S/c1-26(2,3)39-25(36)32-12-10-17(11-13-32)33-23-18(14-28-33)22(29-21(30-23)15-4-6-16(27)7-5-15)31-24(35)19-8-9-20(40-19)34(37)38/h4-9,14,17H,10-13H2,1-3H3,(H,29,30,31,35). The van der Waals surface area contributed by atoms with Gasteiger partial charge in [0, 0.05) is 29.7 Å². The fraction of sp³-hybridized carbons (Fsp3) is 0.346. The number of aromatic nitrogens is 4. The van der Waals surface area contributed by atoms with Crippen molar-refractivity contribution in [2.24, 2.45) is 0 Å². The van der Waals surface area contributed by atoms with Crippen LogP contribution < -0.4 is 5.32 Å². The molecule has 1 saturated heterocycles. The van der Waals surface area contributed by atoms with Crippen LogP contribution in [0.15, 0.2) is 42.6 Å². The predicted molar refractivity (Wildman–Crippen MR) is 151 cm³/mol. The molecule has 1 aliphatic heterocycles. The first-order valence-corrected chi connectivity index (χ1v) is 13.7. The number of carbonyl (C=O) groups is 2. The van der Waals surface area contributed by atoms with E-state index in [9.17, 15) is 19.7 Å². The van der Waals surface area contributed by atoms with Crippen LogP contribution in [0.25, 0.3) is 22.4 Å². The van der Waals surface area contributed by atoms with Gasteiger partial charge < -0.3 is 15.0 Å².